The fourth-order valence-corrected chi connectivity index (χ4v) is 7.26. The number of amides is 3. The maximum absolute atomic E-state index is 14.0. The quantitative estimate of drug-likeness (QED) is 0.509. The highest BCUT2D eigenvalue weighted by atomic mass is 79.9. The topological polar surface area (TPSA) is 87.7 Å². The number of likely N-dealkylation sites (tertiary alicyclic amines) is 1. The lowest BCUT2D eigenvalue weighted by Crippen LogP contribution is -2.56. The summed E-state index contributed by atoms with van der Waals surface area (Å²) in [6, 6.07) is 10.5. The summed E-state index contributed by atoms with van der Waals surface area (Å²) >= 11 is 4.95. The highest BCUT2D eigenvalue weighted by molar-refractivity contribution is 9.10. The highest BCUT2D eigenvalue weighted by Gasteiger charge is 2.72. The van der Waals surface area contributed by atoms with E-state index in [0.717, 1.165) is 35.0 Å². The molecular weight excluding hydrogens is 542 g/mol. The normalized spacial score (nSPS) is 31.0. The van der Waals surface area contributed by atoms with E-state index in [9.17, 15) is 14.4 Å². The lowest BCUT2D eigenvalue weighted by atomic mass is 9.74. The lowest BCUT2D eigenvalue weighted by Gasteiger charge is -2.34. The molecule has 2 saturated heterocycles. The van der Waals surface area contributed by atoms with Crippen LogP contribution in [0.15, 0.2) is 58.4 Å². The minimum atomic E-state index is -1.14. The standard InChI is InChI=1S/C27H28BrN3O4S/c28-16-8-10-18(11-9-16)29-24(32)21-20-12-13-27(35-20)22(21)26(34)31(15-19-7-4-14-36-19)23(27)25(33)30-17-5-2-1-3-6-17/h4,7-14,17,20-23H,1-3,5-6,15H2,(H,29,32)(H,30,33)/t20-,21-,22-,23+,27-/m1/s1. The molecule has 0 unspecified atom stereocenters. The van der Waals surface area contributed by atoms with Crippen molar-refractivity contribution in [1.29, 1.82) is 0 Å². The van der Waals surface area contributed by atoms with Crippen LogP contribution in [0, 0.1) is 11.8 Å². The number of nitrogens with one attached hydrogen (secondary N) is 2. The Morgan fingerprint density at radius 3 is 2.61 bits per heavy atom. The van der Waals surface area contributed by atoms with Crippen LogP contribution in [-0.2, 0) is 25.7 Å². The van der Waals surface area contributed by atoms with E-state index in [2.05, 4.69) is 26.6 Å². The van der Waals surface area contributed by atoms with E-state index in [-0.39, 0.29) is 23.8 Å². The largest absolute Gasteiger partial charge is 0.359 e. The van der Waals surface area contributed by atoms with Gasteiger partial charge in [-0.05, 0) is 48.6 Å². The molecule has 1 aliphatic carbocycles. The number of carbonyl (C=O) groups is 3. The Morgan fingerprint density at radius 2 is 1.89 bits per heavy atom. The average molecular weight is 571 g/mol. The maximum atomic E-state index is 14.0. The van der Waals surface area contributed by atoms with E-state index in [1.54, 1.807) is 16.2 Å². The molecule has 4 aliphatic rings. The van der Waals surface area contributed by atoms with Crippen LogP contribution >= 0.6 is 27.3 Å². The van der Waals surface area contributed by atoms with Gasteiger partial charge in [-0.15, -0.1) is 11.3 Å². The van der Waals surface area contributed by atoms with E-state index in [0.29, 0.717) is 12.2 Å². The number of halogens is 1. The molecule has 36 heavy (non-hydrogen) atoms. The monoisotopic (exact) mass is 569 g/mol. The van der Waals surface area contributed by atoms with Gasteiger partial charge in [-0.1, -0.05) is 53.4 Å². The van der Waals surface area contributed by atoms with E-state index in [1.165, 1.54) is 6.42 Å². The third kappa shape index (κ3) is 4.01. The first-order valence-electron chi connectivity index (χ1n) is 12.5. The van der Waals surface area contributed by atoms with Gasteiger partial charge in [-0.25, -0.2) is 0 Å². The Kier molecular flexibility index (Phi) is 6.25. The SMILES string of the molecule is O=C(Nc1ccc(Br)cc1)[C@@H]1[C@H]2C=C[C@]3(O2)[C@H](C(=O)NC2CCCCC2)N(Cc2cccs2)C(=O)[C@@H]13. The molecule has 2 bridgehead atoms. The molecule has 5 atom stereocenters. The van der Waals surface area contributed by atoms with Crippen LogP contribution in [-0.4, -0.2) is 46.4 Å². The van der Waals surface area contributed by atoms with Crippen LogP contribution in [0.25, 0.3) is 0 Å². The number of anilines is 1. The predicted octanol–water partition coefficient (Wildman–Crippen LogP) is 4.25. The van der Waals surface area contributed by atoms with Crippen LogP contribution < -0.4 is 10.6 Å². The first kappa shape index (κ1) is 23.9. The molecule has 1 aromatic heterocycles. The van der Waals surface area contributed by atoms with Gasteiger partial charge in [0.15, 0.2) is 0 Å². The fraction of sp³-hybridized carbons (Fsp3) is 0.444. The Hall–Kier alpha value is -2.49. The molecule has 2 aromatic rings. The summed E-state index contributed by atoms with van der Waals surface area (Å²) in [5.41, 5.74) is -0.490. The third-order valence-corrected chi connectivity index (χ3v) is 9.28. The average Bonchev–Trinajstić information content (AvgIpc) is 3.64. The number of benzene rings is 1. The van der Waals surface area contributed by atoms with Gasteiger partial charge < -0.3 is 20.3 Å². The van der Waals surface area contributed by atoms with Crippen LogP contribution in [0.2, 0.25) is 0 Å². The second kappa shape index (κ2) is 9.43. The van der Waals surface area contributed by atoms with Crippen molar-refractivity contribution in [1.82, 2.24) is 10.2 Å². The zero-order valence-corrected chi connectivity index (χ0v) is 22.1. The summed E-state index contributed by atoms with van der Waals surface area (Å²) in [5, 5.41) is 8.14. The molecule has 1 aromatic carbocycles. The molecular formula is C27H28BrN3O4S. The minimum absolute atomic E-state index is 0.111. The van der Waals surface area contributed by atoms with Crippen LogP contribution in [0.1, 0.15) is 37.0 Å². The summed E-state index contributed by atoms with van der Waals surface area (Å²) in [4.78, 5) is 43.9. The molecule has 2 N–H and O–H groups in total. The number of nitrogens with zero attached hydrogens (tertiary/aromatic N) is 1. The van der Waals surface area contributed by atoms with Gasteiger partial charge in [0, 0.05) is 21.1 Å². The van der Waals surface area contributed by atoms with Crippen molar-refractivity contribution < 1.29 is 19.1 Å². The van der Waals surface area contributed by atoms with Gasteiger partial charge in [0.1, 0.15) is 11.6 Å². The van der Waals surface area contributed by atoms with Gasteiger partial charge in [-0.3, -0.25) is 14.4 Å². The van der Waals surface area contributed by atoms with Crippen molar-refractivity contribution >= 4 is 50.7 Å². The lowest BCUT2D eigenvalue weighted by molar-refractivity contribution is -0.142. The summed E-state index contributed by atoms with van der Waals surface area (Å²) in [5.74, 6) is -2.10. The molecule has 1 spiro atoms. The number of rotatable bonds is 6. The number of fused-ring (bicyclic) bond motifs is 1. The van der Waals surface area contributed by atoms with Crippen molar-refractivity contribution in [3.8, 4) is 0 Å². The Labute approximate surface area is 222 Å². The number of hydrogen-bond acceptors (Lipinski definition) is 5. The minimum Gasteiger partial charge on any atom is -0.359 e. The molecule has 3 amide bonds. The van der Waals surface area contributed by atoms with Gasteiger partial charge in [0.2, 0.25) is 17.7 Å². The molecule has 3 fully saturated rings. The zero-order valence-electron chi connectivity index (χ0n) is 19.7. The van der Waals surface area contributed by atoms with Gasteiger partial charge in [-0.2, -0.15) is 0 Å². The molecule has 6 rings (SSSR count). The summed E-state index contributed by atoms with van der Waals surface area (Å²) in [6.07, 6.45) is 8.46. The third-order valence-electron chi connectivity index (χ3n) is 7.89. The Balaban J connectivity index is 1.31. The Bertz CT molecular complexity index is 1190. The summed E-state index contributed by atoms with van der Waals surface area (Å²) in [7, 11) is 0. The van der Waals surface area contributed by atoms with Crippen molar-refractivity contribution in [2.75, 3.05) is 5.32 Å². The molecule has 3 aliphatic heterocycles. The smallest absolute Gasteiger partial charge is 0.246 e. The second-order valence-corrected chi connectivity index (χ2v) is 12.0. The predicted molar refractivity (Wildman–Crippen MR) is 140 cm³/mol. The first-order valence-corrected chi connectivity index (χ1v) is 14.2. The number of thiophene rings is 1. The molecule has 0 radical (unpaired) electrons. The Morgan fingerprint density at radius 1 is 1.11 bits per heavy atom. The van der Waals surface area contributed by atoms with Gasteiger partial charge >= 0.3 is 0 Å². The summed E-state index contributed by atoms with van der Waals surface area (Å²) in [6.45, 7) is 0.320. The number of carbonyl (C=O) groups excluding carboxylic acids is 3. The summed E-state index contributed by atoms with van der Waals surface area (Å²) < 4.78 is 7.33. The fourth-order valence-electron chi connectivity index (χ4n) is 6.29. The highest BCUT2D eigenvalue weighted by Crippen LogP contribution is 2.55. The van der Waals surface area contributed by atoms with E-state index >= 15 is 0 Å². The van der Waals surface area contributed by atoms with Crippen LogP contribution in [0.4, 0.5) is 5.69 Å². The van der Waals surface area contributed by atoms with Crippen molar-refractivity contribution in [3.05, 3.63) is 63.3 Å². The molecule has 7 nitrogen and oxygen atoms in total. The molecule has 9 heteroatoms. The van der Waals surface area contributed by atoms with E-state index in [1.807, 2.05) is 53.9 Å². The maximum Gasteiger partial charge on any atom is 0.246 e. The van der Waals surface area contributed by atoms with Crippen LogP contribution in [0.5, 0.6) is 0 Å². The second-order valence-electron chi connectivity index (χ2n) is 10.1. The first-order chi connectivity index (χ1) is 17.5. The molecule has 1 saturated carbocycles. The van der Waals surface area contributed by atoms with Crippen molar-refractivity contribution in [2.24, 2.45) is 11.8 Å². The van der Waals surface area contributed by atoms with Crippen molar-refractivity contribution in [2.45, 2.75) is 62.4 Å². The van der Waals surface area contributed by atoms with Gasteiger partial charge in [0.25, 0.3) is 0 Å². The van der Waals surface area contributed by atoms with Crippen molar-refractivity contribution in [3.63, 3.8) is 0 Å². The number of ether oxygens (including phenoxy) is 1. The van der Waals surface area contributed by atoms with E-state index < -0.39 is 29.6 Å². The van der Waals surface area contributed by atoms with E-state index in [4.69, 9.17) is 4.74 Å². The zero-order chi connectivity index (χ0) is 24.9. The molecule has 188 valence electrons. The van der Waals surface area contributed by atoms with Crippen LogP contribution in [0.3, 0.4) is 0 Å². The van der Waals surface area contributed by atoms with Gasteiger partial charge in [0.05, 0.1) is 24.5 Å². The number of hydrogen-bond donors (Lipinski definition) is 2. The molecule has 4 heterocycles.